The third kappa shape index (κ3) is 3.72. The number of amides is 1. The SMILES string of the molecule is Cc1cc(C(=O)N2CCOCC2)ccc1N(C)CC(=O)O. The molecule has 1 fully saturated rings. The molecule has 114 valence electrons. The quantitative estimate of drug-likeness (QED) is 0.896. The van der Waals surface area contributed by atoms with Crippen molar-refractivity contribution >= 4 is 17.6 Å². The van der Waals surface area contributed by atoms with Crippen LogP contribution in [0.5, 0.6) is 0 Å². The summed E-state index contributed by atoms with van der Waals surface area (Å²) >= 11 is 0. The summed E-state index contributed by atoms with van der Waals surface area (Å²) in [5.41, 5.74) is 2.33. The van der Waals surface area contributed by atoms with Crippen LogP contribution in [0.4, 0.5) is 5.69 Å². The molecule has 0 aromatic heterocycles. The van der Waals surface area contributed by atoms with Crippen LogP contribution >= 0.6 is 0 Å². The number of carboxylic acids is 1. The van der Waals surface area contributed by atoms with Gasteiger partial charge in [-0.3, -0.25) is 9.59 Å². The number of hydrogen-bond acceptors (Lipinski definition) is 4. The Morgan fingerprint density at radius 3 is 2.57 bits per heavy atom. The Hall–Kier alpha value is -2.08. The van der Waals surface area contributed by atoms with Gasteiger partial charge in [-0.1, -0.05) is 0 Å². The monoisotopic (exact) mass is 292 g/mol. The van der Waals surface area contributed by atoms with E-state index in [1.54, 1.807) is 29.0 Å². The minimum Gasteiger partial charge on any atom is -0.480 e. The molecule has 1 aromatic carbocycles. The molecule has 1 aromatic rings. The summed E-state index contributed by atoms with van der Waals surface area (Å²) in [7, 11) is 1.72. The number of rotatable bonds is 4. The van der Waals surface area contributed by atoms with Crippen LogP contribution in [0.2, 0.25) is 0 Å². The van der Waals surface area contributed by atoms with Gasteiger partial charge in [0, 0.05) is 31.4 Å². The standard InChI is InChI=1S/C15H20N2O4/c1-11-9-12(15(20)17-5-7-21-8-6-17)3-4-13(11)16(2)10-14(18)19/h3-4,9H,5-8,10H2,1-2H3,(H,18,19). The lowest BCUT2D eigenvalue weighted by molar-refractivity contribution is -0.135. The van der Waals surface area contributed by atoms with E-state index >= 15 is 0 Å². The summed E-state index contributed by atoms with van der Waals surface area (Å²) in [4.78, 5) is 26.6. The van der Waals surface area contributed by atoms with Crippen molar-refractivity contribution in [1.29, 1.82) is 0 Å². The van der Waals surface area contributed by atoms with Crippen LogP contribution in [0.3, 0.4) is 0 Å². The number of likely N-dealkylation sites (N-methyl/N-ethyl adjacent to an activating group) is 1. The summed E-state index contributed by atoms with van der Waals surface area (Å²) in [5.74, 6) is -0.890. The van der Waals surface area contributed by atoms with Crippen LogP contribution in [-0.2, 0) is 9.53 Å². The van der Waals surface area contributed by atoms with Crippen LogP contribution in [0.1, 0.15) is 15.9 Å². The molecule has 0 atom stereocenters. The highest BCUT2D eigenvalue weighted by Gasteiger charge is 2.19. The molecule has 0 saturated carbocycles. The number of morpholine rings is 1. The molecule has 0 radical (unpaired) electrons. The van der Waals surface area contributed by atoms with Gasteiger partial charge in [-0.05, 0) is 30.7 Å². The van der Waals surface area contributed by atoms with Gasteiger partial charge in [0.25, 0.3) is 5.91 Å². The highest BCUT2D eigenvalue weighted by molar-refractivity contribution is 5.95. The van der Waals surface area contributed by atoms with Crippen molar-refractivity contribution in [3.8, 4) is 0 Å². The summed E-state index contributed by atoms with van der Waals surface area (Å²) in [5, 5.41) is 8.83. The number of aryl methyl sites for hydroxylation is 1. The lowest BCUT2D eigenvalue weighted by Gasteiger charge is -2.27. The predicted octanol–water partition coefficient (Wildman–Crippen LogP) is 0.988. The highest BCUT2D eigenvalue weighted by Crippen LogP contribution is 2.21. The number of benzene rings is 1. The van der Waals surface area contributed by atoms with E-state index in [9.17, 15) is 9.59 Å². The van der Waals surface area contributed by atoms with Gasteiger partial charge < -0.3 is 19.6 Å². The predicted molar refractivity (Wildman–Crippen MR) is 78.8 cm³/mol. The van der Waals surface area contributed by atoms with E-state index in [2.05, 4.69) is 0 Å². The third-order valence-corrected chi connectivity index (χ3v) is 3.53. The zero-order valence-electron chi connectivity index (χ0n) is 12.3. The summed E-state index contributed by atoms with van der Waals surface area (Å²) < 4.78 is 5.24. The summed E-state index contributed by atoms with van der Waals surface area (Å²) in [6, 6.07) is 5.36. The molecule has 1 N–H and O–H groups in total. The van der Waals surface area contributed by atoms with Gasteiger partial charge in [-0.15, -0.1) is 0 Å². The molecule has 1 saturated heterocycles. The van der Waals surface area contributed by atoms with Crippen molar-refractivity contribution in [2.24, 2.45) is 0 Å². The fourth-order valence-corrected chi connectivity index (χ4v) is 2.45. The number of aliphatic carboxylic acids is 1. The van der Waals surface area contributed by atoms with Crippen molar-refractivity contribution < 1.29 is 19.4 Å². The van der Waals surface area contributed by atoms with Gasteiger partial charge in [-0.25, -0.2) is 0 Å². The summed E-state index contributed by atoms with van der Waals surface area (Å²) in [6.07, 6.45) is 0. The second-order valence-corrected chi connectivity index (χ2v) is 5.16. The normalized spacial score (nSPS) is 14.9. The van der Waals surface area contributed by atoms with Crippen molar-refractivity contribution in [3.05, 3.63) is 29.3 Å². The Kier molecular flexibility index (Phi) is 4.80. The maximum atomic E-state index is 12.4. The van der Waals surface area contributed by atoms with E-state index in [0.717, 1.165) is 11.3 Å². The first kappa shape index (κ1) is 15.3. The maximum absolute atomic E-state index is 12.4. The molecule has 0 spiro atoms. The smallest absolute Gasteiger partial charge is 0.323 e. The fraction of sp³-hybridized carbons (Fsp3) is 0.467. The molecule has 6 heteroatoms. The van der Waals surface area contributed by atoms with E-state index in [1.807, 2.05) is 13.0 Å². The Balaban J connectivity index is 2.14. The van der Waals surface area contributed by atoms with E-state index in [-0.39, 0.29) is 12.5 Å². The Bertz CT molecular complexity index is 538. The molecule has 6 nitrogen and oxygen atoms in total. The average molecular weight is 292 g/mol. The van der Waals surface area contributed by atoms with Gasteiger partial charge >= 0.3 is 5.97 Å². The Morgan fingerprint density at radius 1 is 1.33 bits per heavy atom. The van der Waals surface area contributed by atoms with Crippen LogP contribution in [0, 0.1) is 6.92 Å². The van der Waals surface area contributed by atoms with Gasteiger partial charge in [0.2, 0.25) is 0 Å². The van der Waals surface area contributed by atoms with Crippen LogP contribution in [0.15, 0.2) is 18.2 Å². The molecule has 1 amide bonds. The first-order valence-corrected chi connectivity index (χ1v) is 6.89. The van der Waals surface area contributed by atoms with Gasteiger partial charge in [-0.2, -0.15) is 0 Å². The molecule has 1 aliphatic heterocycles. The second-order valence-electron chi connectivity index (χ2n) is 5.16. The zero-order valence-corrected chi connectivity index (χ0v) is 12.3. The first-order chi connectivity index (χ1) is 9.99. The van der Waals surface area contributed by atoms with E-state index in [4.69, 9.17) is 9.84 Å². The average Bonchev–Trinajstić information content (AvgIpc) is 2.46. The minimum atomic E-state index is -0.884. The van der Waals surface area contributed by atoms with E-state index in [1.165, 1.54) is 0 Å². The van der Waals surface area contributed by atoms with E-state index in [0.29, 0.717) is 31.9 Å². The molecule has 2 rings (SSSR count). The minimum absolute atomic E-state index is 0.00571. The second kappa shape index (κ2) is 6.58. The molecule has 1 heterocycles. The number of ether oxygens (including phenoxy) is 1. The van der Waals surface area contributed by atoms with Crippen molar-refractivity contribution in [1.82, 2.24) is 4.90 Å². The van der Waals surface area contributed by atoms with Gasteiger partial charge in [0.1, 0.15) is 6.54 Å². The number of hydrogen-bond donors (Lipinski definition) is 1. The lowest BCUT2D eigenvalue weighted by atomic mass is 10.1. The van der Waals surface area contributed by atoms with Gasteiger partial charge in [0.15, 0.2) is 0 Å². The van der Waals surface area contributed by atoms with Crippen molar-refractivity contribution in [3.63, 3.8) is 0 Å². The van der Waals surface area contributed by atoms with Crippen LogP contribution in [0.25, 0.3) is 0 Å². The van der Waals surface area contributed by atoms with Crippen LogP contribution < -0.4 is 4.90 Å². The molecule has 0 aliphatic carbocycles. The first-order valence-electron chi connectivity index (χ1n) is 6.89. The number of carbonyl (C=O) groups excluding carboxylic acids is 1. The number of carbonyl (C=O) groups is 2. The molecule has 0 bridgehead atoms. The summed E-state index contributed by atoms with van der Waals surface area (Å²) in [6.45, 7) is 4.17. The third-order valence-electron chi connectivity index (χ3n) is 3.53. The highest BCUT2D eigenvalue weighted by atomic mass is 16.5. The van der Waals surface area contributed by atoms with Crippen molar-refractivity contribution in [2.75, 3.05) is 44.8 Å². The number of nitrogens with zero attached hydrogens (tertiary/aromatic N) is 2. The number of carboxylic acid groups (broad SMARTS) is 1. The van der Waals surface area contributed by atoms with E-state index < -0.39 is 5.97 Å². The van der Waals surface area contributed by atoms with Gasteiger partial charge in [0.05, 0.1) is 13.2 Å². The molecular formula is C15H20N2O4. The lowest BCUT2D eigenvalue weighted by Crippen LogP contribution is -2.40. The van der Waals surface area contributed by atoms with Crippen molar-refractivity contribution in [2.45, 2.75) is 6.92 Å². The number of anilines is 1. The largest absolute Gasteiger partial charge is 0.480 e. The fourth-order valence-electron chi connectivity index (χ4n) is 2.45. The Labute approximate surface area is 123 Å². The zero-order chi connectivity index (χ0) is 15.4. The topological polar surface area (TPSA) is 70.1 Å². The Morgan fingerprint density at radius 2 is 2.00 bits per heavy atom. The molecule has 0 unspecified atom stereocenters. The maximum Gasteiger partial charge on any atom is 0.323 e. The molecule has 21 heavy (non-hydrogen) atoms. The molecular weight excluding hydrogens is 272 g/mol. The molecule has 1 aliphatic rings. The van der Waals surface area contributed by atoms with Crippen LogP contribution in [-0.4, -0.2) is 61.8 Å².